The average Bonchev–Trinajstić information content (AvgIpc) is 1.55. The van der Waals surface area contributed by atoms with Crippen LogP contribution in [0.2, 0.25) is 0 Å². The second kappa shape index (κ2) is 2.12. The van der Waals surface area contributed by atoms with Gasteiger partial charge in [0.05, 0.1) is 0 Å². The fraction of sp³-hybridized carbons (Fsp3) is 0.571. The molecule has 1 nitrogen and oxygen atoms in total. The van der Waals surface area contributed by atoms with Gasteiger partial charge in [-0.1, -0.05) is 5.57 Å². The molecular weight excluding hydrogens is 100 g/mol. The molecular formula is C7H10O. The number of carbonyl (C=O) groups excluding carboxylic acids is 1. The smallest absolute Gasteiger partial charge is 0.152 e. The Balaban J connectivity index is 2.42. The highest BCUT2D eigenvalue weighted by Crippen LogP contribution is 2.24. The summed E-state index contributed by atoms with van der Waals surface area (Å²) >= 11 is 0. The highest BCUT2D eigenvalue weighted by molar-refractivity contribution is 5.88. The van der Waals surface area contributed by atoms with E-state index in [-0.39, 0.29) is 5.78 Å². The molecule has 0 saturated heterocycles. The van der Waals surface area contributed by atoms with Crippen LogP contribution in [0.4, 0.5) is 0 Å². The maximum atomic E-state index is 10.4. The van der Waals surface area contributed by atoms with Crippen molar-refractivity contribution in [1.29, 1.82) is 0 Å². The molecule has 1 rings (SSSR count). The maximum Gasteiger partial charge on any atom is 0.152 e. The van der Waals surface area contributed by atoms with E-state index < -0.39 is 0 Å². The van der Waals surface area contributed by atoms with Gasteiger partial charge in [-0.25, -0.2) is 0 Å². The molecule has 0 radical (unpaired) electrons. The molecule has 0 N–H and O–H groups in total. The van der Waals surface area contributed by atoms with Gasteiger partial charge in [-0.3, -0.25) is 4.79 Å². The highest BCUT2D eigenvalue weighted by Gasteiger charge is 2.07. The molecule has 0 aliphatic heterocycles. The highest BCUT2D eigenvalue weighted by atomic mass is 16.1. The van der Waals surface area contributed by atoms with Crippen molar-refractivity contribution in [2.24, 2.45) is 0 Å². The standard InChI is InChI=1S/C7H10O/c1-6(8)5-7-3-2-4-7/h5H,2-4H2,1H3. The van der Waals surface area contributed by atoms with Crippen LogP contribution in [-0.2, 0) is 4.79 Å². The molecule has 0 atom stereocenters. The molecule has 0 spiro atoms. The van der Waals surface area contributed by atoms with E-state index in [1.807, 2.05) is 0 Å². The van der Waals surface area contributed by atoms with Crippen molar-refractivity contribution in [2.45, 2.75) is 26.2 Å². The first-order chi connectivity index (χ1) is 3.79. The second-order valence-corrected chi connectivity index (χ2v) is 2.27. The van der Waals surface area contributed by atoms with Crippen LogP contribution in [-0.4, -0.2) is 5.78 Å². The third-order valence-electron chi connectivity index (χ3n) is 1.40. The Morgan fingerprint density at radius 3 is 2.38 bits per heavy atom. The average molecular weight is 110 g/mol. The predicted octanol–water partition coefficient (Wildman–Crippen LogP) is 1.69. The molecule has 1 fully saturated rings. The Morgan fingerprint density at radius 2 is 2.25 bits per heavy atom. The maximum absolute atomic E-state index is 10.4. The van der Waals surface area contributed by atoms with Gasteiger partial charge in [0.15, 0.2) is 5.78 Å². The molecule has 1 saturated carbocycles. The fourth-order valence-electron chi connectivity index (χ4n) is 0.813. The summed E-state index contributed by atoms with van der Waals surface area (Å²) in [6.45, 7) is 1.60. The SMILES string of the molecule is CC(=O)C=C1CCC1. The van der Waals surface area contributed by atoms with Crippen molar-refractivity contribution >= 4 is 5.78 Å². The molecule has 0 amide bonds. The molecule has 0 aromatic carbocycles. The molecule has 1 aliphatic rings. The Hall–Kier alpha value is -0.590. The summed E-state index contributed by atoms with van der Waals surface area (Å²) in [5.74, 6) is 0.194. The first-order valence-electron chi connectivity index (χ1n) is 2.99. The van der Waals surface area contributed by atoms with Crippen LogP contribution in [0.1, 0.15) is 26.2 Å². The lowest BCUT2D eigenvalue weighted by molar-refractivity contribution is -0.112. The molecule has 0 bridgehead atoms. The van der Waals surface area contributed by atoms with E-state index in [0.29, 0.717) is 0 Å². The van der Waals surface area contributed by atoms with E-state index in [2.05, 4.69) is 0 Å². The van der Waals surface area contributed by atoms with E-state index >= 15 is 0 Å². The van der Waals surface area contributed by atoms with Gasteiger partial charge in [0.25, 0.3) is 0 Å². The van der Waals surface area contributed by atoms with Gasteiger partial charge in [-0.15, -0.1) is 0 Å². The number of ketones is 1. The lowest BCUT2D eigenvalue weighted by atomic mass is 9.92. The van der Waals surface area contributed by atoms with Gasteiger partial charge in [0.1, 0.15) is 0 Å². The minimum atomic E-state index is 0.194. The number of hydrogen-bond acceptors (Lipinski definition) is 1. The number of carbonyl (C=O) groups is 1. The molecule has 0 heterocycles. The zero-order valence-corrected chi connectivity index (χ0v) is 5.11. The van der Waals surface area contributed by atoms with E-state index in [9.17, 15) is 4.79 Å². The third kappa shape index (κ3) is 1.19. The summed E-state index contributed by atoms with van der Waals surface area (Å²) in [6.07, 6.45) is 5.34. The van der Waals surface area contributed by atoms with Gasteiger partial charge in [0, 0.05) is 0 Å². The summed E-state index contributed by atoms with van der Waals surface area (Å²) in [4.78, 5) is 10.4. The summed E-state index contributed by atoms with van der Waals surface area (Å²) in [7, 11) is 0. The van der Waals surface area contributed by atoms with Crippen LogP contribution >= 0.6 is 0 Å². The van der Waals surface area contributed by atoms with Crippen molar-refractivity contribution < 1.29 is 4.79 Å². The van der Waals surface area contributed by atoms with Gasteiger partial charge >= 0.3 is 0 Å². The van der Waals surface area contributed by atoms with Crippen LogP contribution in [0, 0.1) is 0 Å². The molecule has 1 heteroatoms. The normalized spacial score (nSPS) is 17.4. The summed E-state index contributed by atoms with van der Waals surface area (Å²) in [6, 6.07) is 0. The van der Waals surface area contributed by atoms with Gasteiger partial charge in [-0.05, 0) is 32.3 Å². The minimum Gasteiger partial charge on any atom is -0.295 e. The van der Waals surface area contributed by atoms with Crippen LogP contribution < -0.4 is 0 Å². The lowest BCUT2D eigenvalue weighted by Gasteiger charge is -2.14. The Bertz CT molecular complexity index is 127. The molecule has 44 valence electrons. The van der Waals surface area contributed by atoms with Gasteiger partial charge in [0.2, 0.25) is 0 Å². The molecule has 0 unspecified atom stereocenters. The number of allylic oxidation sites excluding steroid dienone is 2. The quantitative estimate of drug-likeness (QED) is 0.469. The van der Waals surface area contributed by atoms with Gasteiger partial charge < -0.3 is 0 Å². The predicted molar refractivity (Wildman–Crippen MR) is 32.6 cm³/mol. The van der Waals surface area contributed by atoms with Crippen LogP contribution in [0.5, 0.6) is 0 Å². The van der Waals surface area contributed by atoms with Crippen molar-refractivity contribution in [3.8, 4) is 0 Å². The van der Waals surface area contributed by atoms with Gasteiger partial charge in [-0.2, -0.15) is 0 Å². The monoisotopic (exact) mass is 110 g/mol. The third-order valence-corrected chi connectivity index (χ3v) is 1.40. The van der Waals surface area contributed by atoms with Crippen molar-refractivity contribution in [1.82, 2.24) is 0 Å². The molecule has 1 aliphatic carbocycles. The number of rotatable bonds is 1. The zero-order valence-electron chi connectivity index (χ0n) is 5.11. The molecule has 8 heavy (non-hydrogen) atoms. The topological polar surface area (TPSA) is 17.1 Å². The van der Waals surface area contributed by atoms with Crippen LogP contribution in [0.15, 0.2) is 11.6 Å². The Morgan fingerprint density at radius 1 is 1.62 bits per heavy atom. The molecule has 0 aromatic rings. The number of hydrogen-bond donors (Lipinski definition) is 0. The first-order valence-corrected chi connectivity index (χ1v) is 2.99. The van der Waals surface area contributed by atoms with Crippen LogP contribution in [0.3, 0.4) is 0 Å². The fourth-order valence-corrected chi connectivity index (χ4v) is 0.813. The largest absolute Gasteiger partial charge is 0.295 e. The first kappa shape index (κ1) is 5.54. The zero-order chi connectivity index (χ0) is 5.98. The van der Waals surface area contributed by atoms with Crippen LogP contribution in [0.25, 0.3) is 0 Å². The Labute approximate surface area is 49.4 Å². The molecule has 0 aromatic heterocycles. The van der Waals surface area contributed by atoms with E-state index in [4.69, 9.17) is 0 Å². The second-order valence-electron chi connectivity index (χ2n) is 2.27. The van der Waals surface area contributed by atoms with Crippen molar-refractivity contribution in [3.05, 3.63) is 11.6 Å². The van der Waals surface area contributed by atoms with E-state index in [1.54, 1.807) is 13.0 Å². The summed E-state index contributed by atoms with van der Waals surface area (Å²) in [5.41, 5.74) is 1.33. The Kier molecular flexibility index (Phi) is 1.47. The lowest BCUT2D eigenvalue weighted by Crippen LogP contribution is -1.98. The van der Waals surface area contributed by atoms with E-state index in [1.165, 1.54) is 12.0 Å². The minimum absolute atomic E-state index is 0.194. The van der Waals surface area contributed by atoms with Crippen molar-refractivity contribution in [3.63, 3.8) is 0 Å². The van der Waals surface area contributed by atoms with E-state index in [0.717, 1.165) is 12.8 Å². The summed E-state index contributed by atoms with van der Waals surface area (Å²) in [5, 5.41) is 0. The van der Waals surface area contributed by atoms with Crippen molar-refractivity contribution in [2.75, 3.05) is 0 Å². The summed E-state index contributed by atoms with van der Waals surface area (Å²) < 4.78 is 0.